The third-order valence-electron chi connectivity index (χ3n) is 2.69. The Hall–Kier alpha value is -1.89. The lowest BCUT2D eigenvalue weighted by atomic mass is 10.0. The maximum Gasteiger partial charge on any atom is 0.0383 e. The van der Waals surface area contributed by atoms with Crippen molar-refractivity contribution in [3.63, 3.8) is 0 Å². The van der Waals surface area contributed by atoms with Crippen LogP contribution in [0, 0.1) is 5.41 Å². The van der Waals surface area contributed by atoms with Crippen molar-refractivity contribution in [3.8, 4) is 11.1 Å². The molecule has 1 nitrogen and oxygen atoms in total. The molecule has 0 amide bonds. The topological polar surface area (TPSA) is 23.9 Å². The number of hydrogen-bond acceptors (Lipinski definition) is 1. The molecule has 0 unspecified atom stereocenters. The van der Waals surface area contributed by atoms with Crippen LogP contribution in [0.4, 0.5) is 0 Å². The lowest BCUT2D eigenvalue weighted by Gasteiger charge is -2.04. The highest BCUT2D eigenvalue weighted by molar-refractivity contribution is 5.98. The van der Waals surface area contributed by atoms with E-state index in [4.69, 9.17) is 5.41 Å². The minimum absolute atomic E-state index is 0.694. The summed E-state index contributed by atoms with van der Waals surface area (Å²) in [7, 11) is 0. The predicted octanol–water partition coefficient (Wildman–Crippen LogP) is 4.13. The largest absolute Gasteiger partial charge is 0.305 e. The molecule has 1 heteroatoms. The van der Waals surface area contributed by atoms with Crippen molar-refractivity contribution in [1.82, 2.24) is 0 Å². The van der Waals surface area contributed by atoms with Crippen molar-refractivity contribution >= 4 is 5.71 Å². The van der Waals surface area contributed by atoms with Gasteiger partial charge in [-0.15, -0.1) is 0 Å². The zero-order valence-corrected chi connectivity index (χ0v) is 9.40. The molecular weight excluding hydrogens is 194 g/mol. The Bertz CT molecular complexity index is 469. The Balaban J connectivity index is 2.30. The third kappa shape index (κ3) is 2.19. The van der Waals surface area contributed by atoms with Gasteiger partial charge in [0.2, 0.25) is 0 Å². The fourth-order valence-corrected chi connectivity index (χ4v) is 1.70. The number of hydrogen-bond donors (Lipinski definition) is 1. The van der Waals surface area contributed by atoms with E-state index < -0.39 is 0 Å². The Labute approximate surface area is 96.3 Å². The summed E-state index contributed by atoms with van der Waals surface area (Å²) in [6, 6.07) is 18.5. The lowest BCUT2D eigenvalue weighted by Crippen LogP contribution is -1.95. The SMILES string of the molecule is CCC(=N)c1ccc(-c2ccccc2)cc1. The van der Waals surface area contributed by atoms with Gasteiger partial charge in [0.05, 0.1) is 0 Å². The maximum atomic E-state index is 7.75. The average Bonchev–Trinajstić information content (AvgIpc) is 2.39. The Morgan fingerprint density at radius 3 is 2.00 bits per heavy atom. The van der Waals surface area contributed by atoms with E-state index >= 15 is 0 Å². The predicted molar refractivity (Wildman–Crippen MR) is 69.0 cm³/mol. The van der Waals surface area contributed by atoms with E-state index in [0.717, 1.165) is 12.0 Å². The number of rotatable bonds is 3. The van der Waals surface area contributed by atoms with Crippen LogP contribution in [-0.4, -0.2) is 5.71 Å². The van der Waals surface area contributed by atoms with Crippen molar-refractivity contribution < 1.29 is 0 Å². The summed E-state index contributed by atoms with van der Waals surface area (Å²) in [5, 5.41) is 7.75. The molecule has 0 heterocycles. The van der Waals surface area contributed by atoms with Gasteiger partial charge in [-0.1, -0.05) is 61.5 Å². The van der Waals surface area contributed by atoms with E-state index in [0.29, 0.717) is 5.71 Å². The molecule has 0 radical (unpaired) electrons. The first-order valence-corrected chi connectivity index (χ1v) is 5.54. The van der Waals surface area contributed by atoms with Gasteiger partial charge >= 0.3 is 0 Å². The minimum Gasteiger partial charge on any atom is -0.305 e. The molecule has 0 atom stereocenters. The molecule has 2 aromatic rings. The lowest BCUT2D eigenvalue weighted by molar-refractivity contribution is 1.24. The summed E-state index contributed by atoms with van der Waals surface area (Å²) in [4.78, 5) is 0. The molecule has 2 aromatic carbocycles. The zero-order valence-electron chi connectivity index (χ0n) is 9.40. The molecule has 0 aromatic heterocycles. The second-order valence-corrected chi connectivity index (χ2v) is 3.78. The summed E-state index contributed by atoms with van der Waals surface area (Å²) in [5.74, 6) is 0. The van der Waals surface area contributed by atoms with Crippen molar-refractivity contribution in [3.05, 3.63) is 60.2 Å². The highest BCUT2D eigenvalue weighted by Gasteiger charge is 2.00. The molecule has 0 aliphatic carbocycles. The molecule has 0 aliphatic heterocycles. The van der Waals surface area contributed by atoms with Gasteiger partial charge in [0.1, 0.15) is 0 Å². The molecule has 2 rings (SSSR count). The van der Waals surface area contributed by atoms with Crippen LogP contribution in [0.15, 0.2) is 54.6 Å². The molecular formula is C15H15N. The summed E-state index contributed by atoms with van der Waals surface area (Å²) < 4.78 is 0. The van der Waals surface area contributed by atoms with Crippen LogP contribution in [0.5, 0.6) is 0 Å². The van der Waals surface area contributed by atoms with Gasteiger partial charge in [0.25, 0.3) is 0 Å². The van der Waals surface area contributed by atoms with Gasteiger partial charge in [-0.2, -0.15) is 0 Å². The molecule has 0 bridgehead atoms. The first-order chi connectivity index (χ1) is 7.81. The van der Waals surface area contributed by atoms with Crippen LogP contribution in [0.3, 0.4) is 0 Å². The van der Waals surface area contributed by atoms with E-state index in [1.807, 2.05) is 37.3 Å². The standard InChI is InChI=1S/C15H15N/c1-2-15(16)14-10-8-13(9-11-14)12-6-4-3-5-7-12/h3-11,16H,2H2,1H3. The summed E-state index contributed by atoms with van der Waals surface area (Å²) >= 11 is 0. The van der Waals surface area contributed by atoms with Crippen molar-refractivity contribution in [2.24, 2.45) is 0 Å². The van der Waals surface area contributed by atoms with Gasteiger partial charge in [0.15, 0.2) is 0 Å². The molecule has 0 fully saturated rings. The molecule has 1 N–H and O–H groups in total. The van der Waals surface area contributed by atoms with Gasteiger partial charge in [-0.3, -0.25) is 0 Å². The van der Waals surface area contributed by atoms with Crippen LogP contribution >= 0.6 is 0 Å². The van der Waals surface area contributed by atoms with Crippen LogP contribution in [0.25, 0.3) is 11.1 Å². The highest BCUT2D eigenvalue weighted by atomic mass is 14.4. The van der Waals surface area contributed by atoms with Crippen molar-refractivity contribution in [1.29, 1.82) is 5.41 Å². The van der Waals surface area contributed by atoms with Gasteiger partial charge in [0, 0.05) is 5.71 Å². The third-order valence-corrected chi connectivity index (χ3v) is 2.69. The Morgan fingerprint density at radius 1 is 0.875 bits per heavy atom. The second kappa shape index (κ2) is 4.75. The van der Waals surface area contributed by atoms with Crippen molar-refractivity contribution in [2.75, 3.05) is 0 Å². The molecule has 0 aliphatic rings. The Kier molecular flexibility index (Phi) is 3.16. The maximum absolute atomic E-state index is 7.75. The van der Waals surface area contributed by atoms with Gasteiger partial charge in [-0.05, 0) is 23.1 Å². The summed E-state index contributed by atoms with van der Waals surface area (Å²) in [6.45, 7) is 2.01. The zero-order chi connectivity index (χ0) is 11.4. The molecule has 80 valence electrons. The molecule has 0 saturated heterocycles. The van der Waals surface area contributed by atoms with Crippen LogP contribution in [-0.2, 0) is 0 Å². The number of nitrogens with one attached hydrogen (secondary N) is 1. The monoisotopic (exact) mass is 209 g/mol. The molecule has 0 spiro atoms. The Morgan fingerprint density at radius 2 is 1.44 bits per heavy atom. The van der Waals surface area contributed by atoms with E-state index in [2.05, 4.69) is 24.3 Å². The summed E-state index contributed by atoms with van der Waals surface area (Å²) in [6.07, 6.45) is 0.782. The average molecular weight is 209 g/mol. The van der Waals surface area contributed by atoms with E-state index in [9.17, 15) is 0 Å². The van der Waals surface area contributed by atoms with Crippen LogP contribution < -0.4 is 0 Å². The number of benzene rings is 2. The summed E-state index contributed by atoms with van der Waals surface area (Å²) in [5.41, 5.74) is 4.13. The second-order valence-electron chi connectivity index (χ2n) is 3.78. The van der Waals surface area contributed by atoms with Crippen LogP contribution in [0.2, 0.25) is 0 Å². The van der Waals surface area contributed by atoms with Crippen LogP contribution in [0.1, 0.15) is 18.9 Å². The fraction of sp³-hybridized carbons (Fsp3) is 0.133. The molecule has 0 saturated carbocycles. The van der Waals surface area contributed by atoms with E-state index in [-0.39, 0.29) is 0 Å². The van der Waals surface area contributed by atoms with Gasteiger partial charge < -0.3 is 5.41 Å². The first-order valence-electron chi connectivity index (χ1n) is 5.54. The fourth-order valence-electron chi connectivity index (χ4n) is 1.70. The van der Waals surface area contributed by atoms with E-state index in [1.165, 1.54) is 11.1 Å². The normalized spacial score (nSPS) is 10.1. The van der Waals surface area contributed by atoms with E-state index in [1.54, 1.807) is 0 Å². The quantitative estimate of drug-likeness (QED) is 0.735. The van der Waals surface area contributed by atoms with Gasteiger partial charge in [-0.25, -0.2) is 0 Å². The molecule has 16 heavy (non-hydrogen) atoms. The minimum atomic E-state index is 0.694. The highest BCUT2D eigenvalue weighted by Crippen LogP contribution is 2.19. The smallest absolute Gasteiger partial charge is 0.0383 e. The van der Waals surface area contributed by atoms with Crippen molar-refractivity contribution in [2.45, 2.75) is 13.3 Å². The first kappa shape index (κ1) is 10.6.